The van der Waals surface area contributed by atoms with Crippen molar-refractivity contribution < 1.29 is 4.79 Å². The SMILES string of the molecule is C=CC(=O)Nc1cccc(N/C(N)=C2\SC=CC2=N)c1. The molecule has 1 heterocycles. The van der Waals surface area contributed by atoms with Crippen LogP contribution in [0.3, 0.4) is 0 Å². The van der Waals surface area contributed by atoms with Gasteiger partial charge in [-0.15, -0.1) is 0 Å². The van der Waals surface area contributed by atoms with E-state index in [1.165, 1.54) is 17.8 Å². The van der Waals surface area contributed by atoms with Crippen LogP contribution in [-0.4, -0.2) is 11.6 Å². The van der Waals surface area contributed by atoms with Gasteiger partial charge in [0, 0.05) is 11.4 Å². The van der Waals surface area contributed by atoms with Crippen molar-refractivity contribution in [2.24, 2.45) is 5.73 Å². The number of nitrogens with two attached hydrogens (primary N) is 1. The van der Waals surface area contributed by atoms with E-state index < -0.39 is 0 Å². The fourth-order valence-electron chi connectivity index (χ4n) is 1.60. The van der Waals surface area contributed by atoms with E-state index in [0.29, 0.717) is 22.1 Å². The normalized spacial score (nSPS) is 15.9. The zero-order valence-corrected chi connectivity index (χ0v) is 11.5. The molecule has 0 saturated carbocycles. The van der Waals surface area contributed by atoms with Crippen LogP contribution < -0.4 is 16.4 Å². The summed E-state index contributed by atoms with van der Waals surface area (Å²) in [4.78, 5) is 11.9. The summed E-state index contributed by atoms with van der Waals surface area (Å²) in [7, 11) is 0. The Bertz CT molecular complexity index is 634. The standard InChI is InChI=1S/C14H14N4OS/c1-2-12(19)17-9-4-3-5-10(8-9)18-14(16)13-11(15)6-7-20-13/h2-8,15,18H,1,16H2,(H,17,19)/b14-13-,15-11?. The highest BCUT2D eigenvalue weighted by Crippen LogP contribution is 2.28. The Kier molecular flexibility index (Phi) is 4.27. The van der Waals surface area contributed by atoms with Gasteiger partial charge in [-0.2, -0.15) is 0 Å². The van der Waals surface area contributed by atoms with E-state index in [-0.39, 0.29) is 5.91 Å². The summed E-state index contributed by atoms with van der Waals surface area (Å²) in [5, 5.41) is 15.2. The third-order valence-electron chi connectivity index (χ3n) is 2.50. The second kappa shape index (κ2) is 6.12. The molecule has 0 unspecified atom stereocenters. The molecule has 1 aromatic carbocycles. The average Bonchev–Trinajstić information content (AvgIpc) is 2.85. The summed E-state index contributed by atoms with van der Waals surface area (Å²) in [6.45, 7) is 3.40. The lowest BCUT2D eigenvalue weighted by atomic mass is 10.2. The topological polar surface area (TPSA) is 91.0 Å². The number of carbonyl (C=O) groups excluding carboxylic acids is 1. The monoisotopic (exact) mass is 286 g/mol. The maximum absolute atomic E-state index is 11.2. The highest BCUT2D eigenvalue weighted by molar-refractivity contribution is 8.07. The number of amides is 1. The van der Waals surface area contributed by atoms with Crippen molar-refractivity contribution in [3.8, 4) is 0 Å². The van der Waals surface area contributed by atoms with Gasteiger partial charge in [-0.25, -0.2) is 0 Å². The number of benzene rings is 1. The Hall–Kier alpha value is -2.47. The van der Waals surface area contributed by atoms with Gasteiger partial charge in [0.1, 0.15) is 5.82 Å². The molecule has 0 aliphatic carbocycles. The number of thioether (sulfide) groups is 1. The van der Waals surface area contributed by atoms with Gasteiger partial charge in [-0.1, -0.05) is 24.4 Å². The highest BCUT2D eigenvalue weighted by Gasteiger charge is 2.13. The fourth-order valence-corrected chi connectivity index (χ4v) is 2.31. The first-order valence-corrected chi connectivity index (χ1v) is 6.70. The first kappa shape index (κ1) is 14.0. The Morgan fingerprint density at radius 1 is 1.35 bits per heavy atom. The molecule has 102 valence electrons. The first-order chi connectivity index (χ1) is 9.60. The van der Waals surface area contributed by atoms with Crippen LogP contribution in [0.2, 0.25) is 0 Å². The summed E-state index contributed by atoms with van der Waals surface area (Å²) in [6.07, 6.45) is 2.90. The summed E-state index contributed by atoms with van der Waals surface area (Å²) in [6, 6.07) is 7.15. The lowest BCUT2D eigenvalue weighted by Crippen LogP contribution is -2.14. The minimum atomic E-state index is -0.272. The second-order valence-electron chi connectivity index (χ2n) is 3.98. The third-order valence-corrected chi connectivity index (χ3v) is 3.45. The van der Waals surface area contributed by atoms with Crippen molar-refractivity contribution in [3.63, 3.8) is 0 Å². The van der Waals surface area contributed by atoms with Gasteiger partial charge >= 0.3 is 0 Å². The third kappa shape index (κ3) is 3.30. The predicted octanol–water partition coefficient (Wildman–Crippen LogP) is 2.63. The molecule has 0 spiro atoms. The van der Waals surface area contributed by atoms with Gasteiger partial charge in [0.15, 0.2) is 0 Å². The number of carbonyl (C=O) groups is 1. The predicted molar refractivity (Wildman–Crippen MR) is 84.6 cm³/mol. The molecule has 0 atom stereocenters. The number of nitrogens with one attached hydrogen (secondary N) is 3. The van der Waals surface area contributed by atoms with Crippen LogP contribution >= 0.6 is 11.8 Å². The van der Waals surface area contributed by atoms with Crippen LogP contribution in [0.5, 0.6) is 0 Å². The van der Waals surface area contributed by atoms with Crippen molar-refractivity contribution in [2.75, 3.05) is 10.6 Å². The molecule has 0 saturated heterocycles. The molecular formula is C14H14N4OS. The van der Waals surface area contributed by atoms with E-state index in [4.69, 9.17) is 11.1 Å². The summed E-state index contributed by atoms with van der Waals surface area (Å²) < 4.78 is 0. The maximum Gasteiger partial charge on any atom is 0.247 e. The smallest absolute Gasteiger partial charge is 0.247 e. The number of hydrogen-bond acceptors (Lipinski definition) is 5. The van der Waals surface area contributed by atoms with Gasteiger partial charge in [0.25, 0.3) is 0 Å². The molecule has 0 radical (unpaired) electrons. The lowest BCUT2D eigenvalue weighted by Gasteiger charge is -2.11. The molecule has 1 aromatic rings. The molecule has 1 amide bonds. The Labute approximate surface area is 121 Å². The molecule has 6 heteroatoms. The van der Waals surface area contributed by atoms with Gasteiger partial charge in [-0.3, -0.25) is 10.2 Å². The first-order valence-electron chi connectivity index (χ1n) is 5.82. The van der Waals surface area contributed by atoms with Crippen LogP contribution in [0.25, 0.3) is 0 Å². The molecule has 5 nitrogen and oxygen atoms in total. The van der Waals surface area contributed by atoms with Crippen LogP contribution in [0.1, 0.15) is 0 Å². The molecule has 2 rings (SSSR count). The minimum absolute atomic E-state index is 0.272. The van der Waals surface area contributed by atoms with E-state index >= 15 is 0 Å². The lowest BCUT2D eigenvalue weighted by molar-refractivity contribution is -0.111. The molecule has 1 aliphatic rings. The number of anilines is 2. The van der Waals surface area contributed by atoms with Crippen LogP contribution in [-0.2, 0) is 4.79 Å². The van der Waals surface area contributed by atoms with E-state index in [0.717, 1.165) is 5.69 Å². The van der Waals surface area contributed by atoms with Gasteiger partial charge in [0.05, 0.1) is 10.6 Å². The zero-order chi connectivity index (χ0) is 14.5. The number of allylic oxidation sites excluding steroid dienone is 2. The van der Waals surface area contributed by atoms with Crippen molar-refractivity contribution in [1.82, 2.24) is 0 Å². The van der Waals surface area contributed by atoms with Crippen LogP contribution in [0.15, 0.2) is 59.1 Å². The van der Waals surface area contributed by atoms with Crippen molar-refractivity contribution in [1.29, 1.82) is 5.41 Å². The van der Waals surface area contributed by atoms with E-state index in [2.05, 4.69) is 17.2 Å². The van der Waals surface area contributed by atoms with E-state index in [1.54, 1.807) is 24.3 Å². The minimum Gasteiger partial charge on any atom is -0.384 e. The Morgan fingerprint density at radius 3 is 2.65 bits per heavy atom. The molecular weight excluding hydrogens is 272 g/mol. The average molecular weight is 286 g/mol. The highest BCUT2D eigenvalue weighted by atomic mass is 32.2. The van der Waals surface area contributed by atoms with Gasteiger partial charge in [-0.05, 0) is 35.8 Å². The quantitative estimate of drug-likeness (QED) is 0.640. The summed E-state index contributed by atoms with van der Waals surface area (Å²) in [5.41, 5.74) is 7.70. The largest absolute Gasteiger partial charge is 0.384 e. The van der Waals surface area contributed by atoms with Crippen LogP contribution in [0, 0.1) is 5.41 Å². The number of rotatable bonds is 4. The molecule has 1 aliphatic heterocycles. The van der Waals surface area contributed by atoms with Gasteiger partial charge in [0.2, 0.25) is 5.91 Å². The molecule has 20 heavy (non-hydrogen) atoms. The molecule has 0 aromatic heterocycles. The Morgan fingerprint density at radius 2 is 2.05 bits per heavy atom. The van der Waals surface area contributed by atoms with Crippen molar-refractivity contribution >= 4 is 34.8 Å². The number of hydrogen-bond donors (Lipinski definition) is 4. The summed E-state index contributed by atoms with van der Waals surface area (Å²) in [5.74, 6) is 0.142. The van der Waals surface area contributed by atoms with Crippen molar-refractivity contribution in [3.05, 3.63) is 59.1 Å². The second-order valence-corrected chi connectivity index (χ2v) is 4.89. The molecule has 0 fully saturated rings. The van der Waals surface area contributed by atoms with Gasteiger partial charge < -0.3 is 16.4 Å². The fraction of sp³-hybridized carbons (Fsp3) is 0. The molecule has 0 bridgehead atoms. The van der Waals surface area contributed by atoms with E-state index in [9.17, 15) is 4.79 Å². The maximum atomic E-state index is 11.2. The van der Waals surface area contributed by atoms with E-state index in [1.807, 2.05) is 11.5 Å². The molecule has 5 N–H and O–H groups in total. The zero-order valence-electron chi connectivity index (χ0n) is 10.6. The van der Waals surface area contributed by atoms with Crippen molar-refractivity contribution in [2.45, 2.75) is 0 Å². The summed E-state index contributed by atoms with van der Waals surface area (Å²) >= 11 is 1.40. The van der Waals surface area contributed by atoms with Crippen LogP contribution in [0.4, 0.5) is 11.4 Å². The Balaban J connectivity index is 2.14.